The van der Waals surface area contributed by atoms with Gasteiger partial charge in [-0.05, 0) is 28.8 Å². The molecule has 3 aromatic rings. The maximum atomic E-state index is 13.8. The van der Waals surface area contributed by atoms with Crippen LogP contribution in [0, 0.1) is 0 Å². The first-order valence-corrected chi connectivity index (χ1v) is 12.8. The summed E-state index contributed by atoms with van der Waals surface area (Å²) in [5.41, 5.74) is 0.997. The summed E-state index contributed by atoms with van der Waals surface area (Å²) in [4.78, 5) is 43.1. The van der Waals surface area contributed by atoms with Gasteiger partial charge in [-0.15, -0.1) is 0 Å². The number of piperazine rings is 1. The predicted octanol–water partition coefficient (Wildman–Crippen LogP) is 4.02. The molecule has 0 aromatic heterocycles. The molecule has 2 fully saturated rings. The van der Waals surface area contributed by atoms with Crippen molar-refractivity contribution >= 4 is 17.8 Å². The highest BCUT2D eigenvalue weighted by atomic mass is 19.4. The topological polar surface area (TPSA) is 76.2 Å². The minimum atomic E-state index is -4.52. The number of halogens is 3. The van der Waals surface area contributed by atoms with Crippen molar-refractivity contribution in [1.82, 2.24) is 25.1 Å². The first-order valence-electron chi connectivity index (χ1n) is 12.8. The predicted molar refractivity (Wildman–Crippen MR) is 140 cm³/mol. The molecule has 2 atom stereocenters. The van der Waals surface area contributed by atoms with Gasteiger partial charge in [-0.1, -0.05) is 72.8 Å². The van der Waals surface area contributed by atoms with Gasteiger partial charge in [0, 0.05) is 20.1 Å². The second-order valence-corrected chi connectivity index (χ2v) is 9.78. The number of fused-ring (bicyclic) bond motifs is 1. The molecule has 2 heterocycles. The molecule has 1 N–H and O–H groups in total. The van der Waals surface area contributed by atoms with Crippen molar-refractivity contribution in [2.75, 3.05) is 20.1 Å². The van der Waals surface area contributed by atoms with Crippen LogP contribution in [0.1, 0.15) is 28.3 Å². The Balaban J connectivity index is 1.42. The van der Waals surface area contributed by atoms with Crippen LogP contribution in [0.4, 0.5) is 18.0 Å². The highest BCUT2D eigenvalue weighted by Gasteiger charge is 2.52. The van der Waals surface area contributed by atoms with Crippen molar-refractivity contribution in [2.45, 2.75) is 31.5 Å². The molecule has 0 saturated carbocycles. The van der Waals surface area contributed by atoms with Gasteiger partial charge in [-0.25, -0.2) is 4.79 Å². The number of benzene rings is 3. The number of alkyl halides is 3. The van der Waals surface area contributed by atoms with Crippen LogP contribution in [-0.2, 0) is 28.9 Å². The number of nitrogens with one attached hydrogen (secondary N) is 1. The molecular formula is C29H28F3N5O3. The lowest BCUT2D eigenvalue weighted by atomic mass is 10.00. The third-order valence-electron chi connectivity index (χ3n) is 7.17. The molecule has 2 aliphatic rings. The SMILES string of the molecule is CN(C(=O)NCc1ccccc1)N1CC(=O)N2[C@@H](c3ccccc3)C(=O)N(Cc3cccc(C(F)(F)F)c3)C[C@@H]21. The summed E-state index contributed by atoms with van der Waals surface area (Å²) in [5.74, 6) is -0.722. The van der Waals surface area contributed by atoms with Crippen molar-refractivity contribution in [3.8, 4) is 0 Å². The van der Waals surface area contributed by atoms with Crippen LogP contribution in [0.25, 0.3) is 0 Å². The summed E-state index contributed by atoms with van der Waals surface area (Å²) in [6.45, 7) is 0.0871. The minimum absolute atomic E-state index is 0.0143. The first-order chi connectivity index (χ1) is 19.1. The third kappa shape index (κ3) is 5.50. The van der Waals surface area contributed by atoms with Crippen LogP contribution in [0.3, 0.4) is 0 Å². The third-order valence-corrected chi connectivity index (χ3v) is 7.17. The van der Waals surface area contributed by atoms with Gasteiger partial charge in [0.2, 0.25) is 5.91 Å². The number of hydrogen-bond donors (Lipinski definition) is 1. The zero-order chi connectivity index (χ0) is 28.4. The van der Waals surface area contributed by atoms with E-state index in [0.717, 1.165) is 17.7 Å². The molecule has 11 heteroatoms. The van der Waals surface area contributed by atoms with Crippen LogP contribution in [0.2, 0.25) is 0 Å². The van der Waals surface area contributed by atoms with Crippen molar-refractivity contribution in [2.24, 2.45) is 0 Å². The summed E-state index contributed by atoms with van der Waals surface area (Å²) < 4.78 is 40.0. The fourth-order valence-corrected chi connectivity index (χ4v) is 5.17. The lowest BCUT2D eigenvalue weighted by Gasteiger charge is -2.45. The lowest BCUT2D eigenvalue weighted by molar-refractivity contribution is -0.157. The molecule has 0 radical (unpaired) electrons. The second kappa shape index (κ2) is 11.0. The second-order valence-electron chi connectivity index (χ2n) is 9.78. The van der Waals surface area contributed by atoms with Gasteiger partial charge in [0.25, 0.3) is 5.91 Å². The molecule has 0 aliphatic carbocycles. The smallest absolute Gasteiger partial charge is 0.333 e. The van der Waals surface area contributed by atoms with Gasteiger partial charge < -0.3 is 15.1 Å². The Kier molecular flexibility index (Phi) is 7.49. The van der Waals surface area contributed by atoms with E-state index in [1.807, 2.05) is 30.3 Å². The fourth-order valence-electron chi connectivity index (χ4n) is 5.17. The lowest BCUT2D eigenvalue weighted by Crippen LogP contribution is -2.62. The standard InChI is InChI=1S/C29H28F3N5O3/c1-34(28(40)33-16-20-9-4-2-5-10-20)36-19-25(38)37-24(36)18-35(27(39)26(37)22-12-6-3-7-13-22)17-21-11-8-14-23(15-21)29(30,31)32/h2-15,24,26H,16-19H2,1H3,(H,33,40)/t24-,26+/m1/s1. The summed E-state index contributed by atoms with van der Waals surface area (Å²) >= 11 is 0. The molecule has 0 spiro atoms. The molecule has 0 unspecified atom stereocenters. The molecule has 5 rings (SSSR count). The molecule has 0 bridgehead atoms. The highest BCUT2D eigenvalue weighted by Crippen LogP contribution is 2.36. The van der Waals surface area contributed by atoms with Gasteiger partial charge in [-0.3, -0.25) is 14.6 Å². The molecule has 2 aliphatic heterocycles. The zero-order valence-electron chi connectivity index (χ0n) is 21.7. The number of carbonyl (C=O) groups is 3. The van der Waals surface area contributed by atoms with Gasteiger partial charge in [0.15, 0.2) is 0 Å². The molecule has 2 saturated heterocycles. The number of rotatable bonds is 6. The van der Waals surface area contributed by atoms with Crippen LogP contribution in [-0.4, -0.2) is 64.0 Å². The summed E-state index contributed by atoms with van der Waals surface area (Å²) in [5, 5.41) is 5.75. The average Bonchev–Trinajstić information content (AvgIpc) is 3.27. The normalized spacial score (nSPS) is 19.5. The Morgan fingerprint density at radius 2 is 1.60 bits per heavy atom. The highest BCUT2D eigenvalue weighted by molar-refractivity contribution is 5.92. The van der Waals surface area contributed by atoms with E-state index in [2.05, 4.69) is 5.32 Å². The van der Waals surface area contributed by atoms with E-state index in [0.29, 0.717) is 11.1 Å². The van der Waals surface area contributed by atoms with Crippen molar-refractivity contribution < 1.29 is 27.6 Å². The molecule has 208 valence electrons. The van der Waals surface area contributed by atoms with Crippen LogP contribution in [0.5, 0.6) is 0 Å². The Morgan fingerprint density at radius 3 is 2.27 bits per heavy atom. The molecule has 8 nitrogen and oxygen atoms in total. The van der Waals surface area contributed by atoms with E-state index >= 15 is 0 Å². The fraction of sp³-hybridized carbons (Fsp3) is 0.276. The van der Waals surface area contributed by atoms with E-state index in [1.165, 1.54) is 26.9 Å². The zero-order valence-corrected chi connectivity index (χ0v) is 21.7. The molecule has 3 aromatic carbocycles. The molecule has 40 heavy (non-hydrogen) atoms. The van der Waals surface area contributed by atoms with E-state index in [4.69, 9.17) is 0 Å². The number of amides is 4. The van der Waals surface area contributed by atoms with Gasteiger partial charge >= 0.3 is 12.2 Å². The van der Waals surface area contributed by atoms with E-state index in [1.54, 1.807) is 42.4 Å². The quantitative estimate of drug-likeness (QED) is 0.503. The monoisotopic (exact) mass is 551 g/mol. The average molecular weight is 552 g/mol. The number of hydrogen-bond acceptors (Lipinski definition) is 4. The number of urea groups is 1. The van der Waals surface area contributed by atoms with Crippen LogP contribution < -0.4 is 5.32 Å². The van der Waals surface area contributed by atoms with Gasteiger partial charge in [-0.2, -0.15) is 18.2 Å². The Morgan fingerprint density at radius 1 is 0.950 bits per heavy atom. The Labute approximate surface area is 229 Å². The molecule has 4 amide bonds. The minimum Gasteiger partial charge on any atom is -0.333 e. The van der Waals surface area contributed by atoms with Crippen molar-refractivity contribution in [1.29, 1.82) is 0 Å². The number of hydrazine groups is 1. The summed E-state index contributed by atoms with van der Waals surface area (Å²) in [6, 6.07) is 21.6. The largest absolute Gasteiger partial charge is 0.416 e. The van der Waals surface area contributed by atoms with Gasteiger partial charge in [0.1, 0.15) is 12.2 Å². The van der Waals surface area contributed by atoms with E-state index in [-0.39, 0.29) is 32.1 Å². The Hall–Kier alpha value is -4.38. The maximum Gasteiger partial charge on any atom is 0.416 e. The maximum absolute atomic E-state index is 13.8. The van der Waals surface area contributed by atoms with Crippen LogP contribution in [0.15, 0.2) is 84.9 Å². The van der Waals surface area contributed by atoms with Crippen molar-refractivity contribution in [3.05, 3.63) is 107 Å². The Bertz CT molecular complexity index is 1390. The number of nitrogens with zero attached hydrogens (tertiary/aromatic N) is 4. The summed E-state index contributed by atoms with van der Waals surface area (Å²) in [7, 11) is 1.54. The van der Waals surface area contributed by atoms with Crippen molar-refractivity contribution in [3.63, 3.8) is 0 Å². The van der Waals surface area contributed by atoms with E-state index in [9.17, 15) is 27.6 Å². The van der Waals surface area contributed by atoms with Crippen LogP contribution >= 0.6 is 0 Å². The van der Waals surface area contributed by atoms with Gasteiger partial charge in [0.05, 0.1) is 18.7 Å². The number of carbonyl (C=O) groups excluding carboxylic acids is 3. The molecular weight excluding hydrogens is 523 g/mol. The van der Waals surface area contributed by atoms with E-state index < -0.39 is 35.9 Å². The first kappa shape index (κ1) is 27.2. The summed E-state index contributed by atoms with van der Waals surface area (Å²) in [6.07, 6.45) is -5.22.